The van der Waals surface area contributed by atoms with E-state index in [0.29, 0.717) is 6.42 Å². The van der Waals surface area contributed by atoms with Crippen molar-refractivity contribution in [3.05, 3.63) is 35.9 Å². The van der Waals surface area contributed by atoms with Gasteiger partial charge < -0.3 is 15.5 Å². The third-order valence-corrected chi connectivity index (χ3v) is 2.79. The fourth-order valence-electron chi connectivity index (χ4n) is 1.46. The second-order valence-electron chi connectivity index (χ2n) is 3.57. The standard InChI is InChI=1S/C11H13Cl2NO3/c12-10(13)9(15)8(14-11(16)17)6-7-4-2-1-3-5-7/h1-5,8-10,14-15H,6H2,(H,16,17). The van der Waals surface area contributed by atoms with Crippen LogP contribution in [-0.4, -0.2) is 33.3 Å². The van der Waals surface area contributed by atoms with Crippen LogP contribution in [0.4, 0.5) is 4.79 Å². The summed E-state index contributed by atoms with van der Waals surface area (Å²) in [5.41, 5.74) is 0.888. The number of rotatable bonds is 5. The third kappa shape index (κ3) is 4.81. The lowest BCUT2D eigenvalue weighted by atomic mass is 10.0. The van der Waals surface area contributed by atoms with Crippen LogP contribution in [0, 0.1) is 0 Å². The summed E-state index contributed by atoms with van der Waals surface area (Å²) in [5, 5.41) is 20.6. The highest BCUT2D eigenvalue weighted by atomic mass is 35.5. The maximum atomic E-state index is 10.6. The summed E-state index contributed by atoms with van der Waals surface area (Å²) >= 11 is 11.1. The van der Waals surface area contributed by atoms with Gasteiger partial charge in [-0.25, -0.2) is 4.79 Å². The highest BCUT2D eigenvalue weighted by molar-refractivity contribution is 6.44. The molecule has 0 aliphatic carbocycles. The number of aliphatic hydroxyl groups excluding tert-OH is 1. The smallest absolute Gasteiger partial charge is 0.404 e. The van der Waals surface area contributed by atoms with E-state index >= 15 is 0 Å². The molecule has 1 aromatic carbocycles. The quantitative estimate of drug-likeness (QED) is 0.722. The molecule has 94 valence electrons. The molecule has 0 saturated heterocycles. The average Bonchev–Trinajstić information content (AvgIpc) is 2.28. The van der Waals surface area contributed by atoms with Crippen LogP contribution in [0.15, 0.2) is 30.3 Å². The SMILES string of the molecule is O=C(O)NC(Cc1ccccc1)C(O)C(Cl)Cl. The number of nitrogens with one attached hydrogen (secondary N) is 1. The third-order valence-electron chi connectivity index (χ3n) is 2.28. The Labute approximate surface area is 109 Å². The largest absolute Gasteiger partial charge is 0.465 e. The Balaban J connectivity index is 2.73. The Morgan fingerprint density at radius 1 is 1.29 bits per heavy atom. The van der Waals surface area contributed by atoms with Crippen LogP contribution in [0.3, 0.4) is 0 Å². The van der Waals surface area contributed by atoms with Gasteiger partial charge in [0, 0.05) is 0 Å². The van der Waals surface area contributed by atoms with Gasteiger partial charge in [-0.2, -0.15) is 0 Å². The number of halogens is 2. The highest BCUT2D eigenvalue weighted by Gasteiger charge is 2.26. The molecule has 0 fully saturated rings. The molecule has 17 heavy (non-hydrogen) atoms. The number of carbonyl (C=O) groups is 1. The first-order valence-electron chi connectivity index (χ1n) is 5.00. The molecule has 0 spiro atoms. The Kier molecular flexibility index (Phi) is 5.55. The van der Waals surface area contributed by atoms with Crippen LogP contribution in [0.2, 0.25) is 0 Å². The van der Waals surface area contributed by atoms with Gasteiger partial charge >= 0.3 is 6.09 Å². The second kappa shape index (κ2) is 6.69. The molecule has 2 unspecified atom stereocenters. The van der Waals surface area contributed by atoms with Crippen LogP contribution >= 0.6 is 23.2 Å². The molecular formula is C11H13Cl2NO3. The van der Waals surface area contributed by atoms with E-state index in [1.807, 2.05) is 30.3 Å². The minimum absolute atomic E-state index is 0.324. The number of alkyl halides is 2. The van der Waals surface area contributed by atoms with Crippen LogP contribution < -0.4 is 5.32 Å². The Morgan fingerprint density at radius 3 is 2.35 bits per heavy atom. The van der Waals surface area contributed by atoms with Gasteiger partial charge in [0.2, 0.25) is 0 Å². The molecule has 0 aliphatic heterocycles. The lowest BCUT2D eigenvalue weighted by Gasteiger charge is -2.23. The molecule has 2 atom stereocenters. The average molecular weight is 278 g/mol. The molecule has 1 amide bonds. The Morgan fingerprint density at radius 2 is 1.88 bits per heavy atom. The van der Waals surface area contributed by atoms with Gasteiger partial charge in [-0.3, -0.25) is 0 Å². The zero-order valence-electron chi connectivity index (χ0n) is 8.88. The molecule has 0 radical (unpaired) electrons. The summed E-state index contributed by atoms with van der Waals surface area (Å²) in [6, 6.07) is 8.44. The van der Waals surface area contributed by atoms with Crippen molar-refractivity contribution in [2.45, 2.75) is 23.4 Å². The summed E-state index contributed by atoms with van der Waals surface area (Å²) in [6.45, 7) is 0. The molecule has 0 aromatic heterocycles. The van der Waals surface area contributed by atoms with E-state index in [-0.39, 0.29) is 0 Å². The van der Waals surface area contributed by atoms with Gasteiger partial charge in [0.25, 0.3) is 0 Å². The number of carboxylic acid groups (broad SMARTS) is 1. The lowest BCUT2D eigenvalue weighted by molar-refractivity contribution is 0.129. The van der Waals surface area contributed by atoms with Gasteiger partial charge in [-0.1, -0.05) is 30.3 Å². The molecule has 6 heteroatoms. The van der Waals surface area contributed by atoms with Crippen LogP contribution in [0.1, 0.15) is 5.56 Å². The summed E-state index contributed by atoms with van der Waals surface area (Å²) < 4.78 is 0. The monoisotopic (exact) mass is 277 g/mol. The molecule has 1 rings (SSSR count). The highest BCUT2D eigenvalue weighted by Crippen LogP contribution is 2.15. The normalized spacial score (nSPS) is 14.4. The first-order valence-corrected chi connectivity index (χ1v) is 5.87. The number of benzene rings is 1. The van der Waals surface area contributed by atoms with E-state index in [0.717, 1.165) is 5.56 Å². The minimum Gasteiger partial charge on any atom is -0.465 e. The number of hydrogen-bond acceptors (Lipinski definition) is 2. The number of aliphatic hydroxyl groups is 1. The van der Waals surface area contributed by atoms with Gasteiger partial charge in [0.15, 0.2) is 0 Å². The lowest BCUT2D eigenvalue weighted by Crippen LogP contribution is -2.46. The molecule has 1 aromatic rings. The molecule has 3 N–H and O–H groups in total. The van der Waals surface area contributed by atoms with E-state index in [9.17, 15) is 9.90 Å². The summed E-state index contributed by atoms with van der Waals surface area (Å²) in [4.78, 5) is 9.57. The second-order valence-corrected chi connectivity index (χ2v) is 4.73. The van der Waals surface area contributed by atoms with E-state index in [1.165, 1.54) is 0 Å². The van der Waals surface area contributed by atoms with E-state index < -0.39 is 23.1 Å². The maximum absolute atomic E-state index is 10.6. The Bertz CT molecular complexity index is 359. The zero-order chi connectivity index (χ0) is 12.8. The van der Waals surface area contributed by atoms with Gasteiger partial charge in [0.1, 0.15) is 10.9 Å². The van der Waals surface area contributed by atoms with E-state index in [2.05, 4.69) is 5.32 Å². The van der Waals surface area contributed by atoms with Crippen LogP contribution in [0.5, 0.6) is 0 Å². The first kappa shape index (κ1) is 14.1. The van der Waals surface area contributed by atoms with Crippen molar-refractivity contribution < 1.29 is 15.0 Å². The van der Waals surface area contributed by atoms with Crippen molar-refractivity contribution in [1.29, 1.82) is 0 Å². The zero-order valence-corrected chi connectivity index (χ0v) is 10.4. The fraction of sp³-hybridized carbons (Fsp3) is 0.364. The maximum Gasteiger partial charge on any atom is 0.404 e. The number of hydrogen-bond donors (Lipinski definition) is 3. The van der Waals surface area contributed by atoms with Crippen molar-refractivity contribution in [3.63, 3.8) is 0 Å². The van der Waals surface area contributed by atoms with E-state index in [1.54, 1.807) is 0 Å². The predicted octanol–water partition coefficient (Wildman–Crippen LogP) is 2.03. The van der Waals surface area contributed by atoms with Crippen molar-refractivity contribution in [3.8, 4) is 0 Å². The number of amides is 1. The molecule has 0 heterocycles. The summed E-state index contributed by atoms with van der Waals surface area (Å²) in [7, 11) is 0. The van der Waals surface area contributed by atoms with Crippen LogP contribution in [-0.2, 0) is 6.42 Å². The van der Waals surface area contributed by atoms with Crippen molar-refractivity contribution >= 4 is 29.3 Å². The van der Waals surface area contributed by atoms with E-state index in [4.69, 9.17) is 28.3 Å². The topological polar surface area (TPSA) is 69.6 Å². The first-order chi connectivity index (χ1) is 8.00. The van der Waals surface area contributed by atoms with Crippen molar-refractivity contribution in [2.75, 3.05) is 0 Å². The minimum atomic E-state index is -1.22. The Hall–Kier alpha value is -0.970. The molecule has 0 bridgehead atoms. The summed E-state index contributed by atoms with van der Waals surface area (Å²) in [5.74, 6) is 0. The molecule has 0 saturated carbocycles. The summed E-state index contributed by atoms with van der Waals surface area (Å²) in [6.07, 6.45) is -2.06. The predicted molar refractivity (Wildman–Crippen MR) is 66.6 cm³/mol. The van der Waals surface area contributed by atoms with Gasteiger partial charge in [-0.15, -0.1) is 23.2 Å². The van der Waals surface area contributed by atoms with Gasteiger partial charge in [0.05, 0.1) is 6.04 Å². The van der Waals surface area contributed by atoms with Crippen molar-refractivity contribution in [2.24, 2.45) is 0 Å². The fourth-order valence-corrected chi connectivity index (χ4v) is 1.81. The van der Waals surface area contributed by atoms with Gasteiger partial charge in [-0.05, 0) is 12.0 Å². The van der Waals surface area contributed by atoms with Crippen molar-refractivity contribution in [1.82, 2.24) is 5.32 Å². The molecule has 0 aliphatic rings. The van der Waals surface area contributed by atoms with Crippen LogP contribution in [0.25, 0.3) is 0 Å². The molecule has 4 nitrogen and oxygen atoms in total. The molecular weight excluding hydrogens is 265 g/mol.